The van der Waals surface area contributed by atoms with Crippen molar-refractivity contribution in [2.24, 2.45) is 17.8 Å². The van der Waals surface area contributed by atoms with E-state index in [1.54, 1.807) is 44.8 Å². The molecule has 290 valence electrons. The van der Waals surface area contributed by atoms with Crippen LogP contribution in [-0.4, -0.2) is 17.0 Å². The third kappa shape index (κ3) is 5.39. The van der Waals surface area contributed by atoms with Crippen molar-refractivity contribution in [3.63, 3.8) is 0 Å². The largest absolute Gasteiger partial charge is 0.341 e. The molecule has 4 atom stereocenters. The summed E-state index contributed by atoms with van der Waals surface area (Å²) in [6.45, 7) is 10.1. The second-order valence-electron chi connectivity index (χ2n) is 20.3. The van der Waals surface area contributed by atoms with Gasteiger partial charge in [0.1, 0.15) is 0 Å². The summed E-state index contributed by atoms with van der Waals surface area (Å²) in [5.74, 6) is 2.87. The Morgan fingerprint density at radius 1 is 0.714 bits per heavy atom. The van der Waals surface area contributed by atoms with E-state index in [1.807, 2.05) is 0 Å². The molecular formula is C54H64N2. The Balaban J connectivity index is 0.910. The lowest BCUT2D eigenvalue weighted by atomic mass is 9.70. The van der Waals surface area contributed by atoms with Crippen LogP contribution in [0.3, 0.4) is 0 Å². The maximum Gasteiger partial charge on any atom is 0.0443 e. The molecule has 0 saturated heterocycles. The van der Waals surface area contributed by atoms with Crippen LogP contribution >= 0.6 is 0 Å². The van der Waals surface area contributed by atoms with Crippen molar-refractivity contribution in [3.8, 4) is 0 Å². The van der Waals surface area contributed by atoms with E-state index in [9.17, 15) is 0 Å². The summed E-state index contributed by atoms with van der Waals surface area (Å²) in [7, 11) is 0. The van der Waals surface area contributed by atoms with Crippen LogP contribution in [0.15, 0.2) is 113 Å². The molecule has 0 bridgehead atoms. The number of allylic oxidation sites excluding steroid dienone is 11. The SMILES string of the molecule is CC1(C)C2=C(CCC=C2)c2ccc(N(c3ccc4c(c3)C(C)(C)C3CCCCC43)C3CCC(C4=CC5C6=C(C=CCC6)N(C6=CC=CCC6)C5CC4)CC3)cc21. The van der Waals surface area contributed by atoms with E-state index in [-0.39, 0.29) is 10.8 Å². The number of nitrogens with zero attached hydrogens (tertiary/aromatic N) is 2. The second-order valence-corrected chi connectivity index (χ2v) is 20.3. The van der Waals surface area contributed by atoms with Crippen LogP contribution in [-0.2, 0) is 10.8 Å². The van der Waals surface area contributed by atoms with Crippen molar-refractivity contribution in [2.75, 3.05) is 4.90 Å². The number of benzene rings is 2. The fraction of sp³-hybridized carbons (Fsp3) is 0.519. The van der Waals surface area contributed by atoms with Crippen LogP contribution in [0.2, 0.25) is 0 Å². The second kappa shape index (κ2) is 13.4. The molecule has 2 aromatic carbocycles. The molecule has 0 aromatic heterocycles. The molecular weight excluding hydrogens is 677 g/mol. The first-order valence-corrected chi connectivity index (χ1v) is 23.0. The monoisotopic (exact) mass is 741 g/mol. The first-order chi connectivity index (χ1) is 27.3. The van der Waals surface area contributed by atoms with Crippen molar-refractivity contribution in [2.45, 2.75) is 159 Å². The van der Waals surface area contributed by atoms with E-state index in [2.05, 4.69) is 123 Å². The Labute approximate surface area is 337 Å². The Morgan fingerprint density at radius 3 is 2.32 bits per heavy atom. The lowest BCUT2D eigenvalue weighted by Crippen LogP contribution is -2.37. The van der Waals surface area contributed by atoms with E-state index in [0.717, 1.165) is 17.8 Å². The molecule has 2 fully saturated rings. The zero-order chi connectivity index (χ0) is 37.8. The van der Waals surface area contributed by atoms with Crippen molar-refractivity contribution in [1.29, 1.82) is 0 Å². The summed E-state index contributed by atoms with van der Waals surface area (Å²) in [4.78, 5) is 5.63. The van der Waals surface area contributed by atoms with Crippen LogP contribution in [0.1, 0.15) is 159 Å². The topological polar surface area (TPSA) is 6.48 Å². The molecule has 2 aromatic rings. The predicted octanol–water partition coefficient (Wildman–Crippen LogP) is 14.2. The van der Waals surface area contributed by atoms with Gasteiger partial charge in [-0.2, -0.15) is 0 Å². The van der Waals surface area contributed by atoms with Gasteiger partial charge in [0.05, 0.1) is 0 Å². The van der Waals surface area contributed by atoms with Gasteiger partial charge < -0.3 is 9.80 Å². The maximum atomic E-state index is 2.84. The molecule has 2 saturated carbocycles. The lowest BCUT2D eigenvalue weighted by molar-refractivity contribution is 0.233. The molecule has 0 amide bonds. The van der Waals surface area contributed by atoms with Gasteiger partial charge in [-0.25, -0.2) is 0 Å². The van der Waals surface area contributed by atoms with Crippen molar-refractivity contribution in [3.05, 3.63) is 135 Å². The van der Waals surface area contributed by atoms with Crippen LogP contribution in [0.25, 0.3) is 5.57 Å². The first kappa shape index (κ1) is 35.4. The molecule has 8 aliphatic carbocycles. The van der Waals surface area contributed by atoms with E-state index < -0.39 is 0 Å². The zero-order valence-corrected chi connectivity index (χ0v) is 34.8. The highest BCUT2D eigenvalue weighted by molar-refractivity contribution is 5.85. The van der Waals surface area contributed by atoms with E-state index in [1.165, 1.54) is 125 Å². The average molecular weight is 741 g/mol. The van der Waals surface area contributed by atoms with E-state index >= 15 is 0 Å². The highest BCUT2D eigenvalue weighted by atomic mass is 15.2. The highest BCUT2D eigenvalue weighted by Crippen LogP contribution is 2.58. The summed E-state index contributed by atoms with van der Waals surface area (Å²) in [6, 6.07) is 16.6. The van der Waals surface area contributed by atoms with Gasteiger partial charge in [-0.15, -0.1) is 0 Å². The molecule has 0 spiro atoms. The van der Waals surface area contributed by atoms with Gasteiger partial charge >= 0.3 is 0 Å². The van der Waals surface area contributed by atoms with Crippen LogP contribution in [0.4, 0.5) is 11.4 Å². The van der Waals surface area contributed by atoms with Crippen LogP contribution in [0, 0.1) is 17.8 Å². The molecule has 2 nitrogen and oxygen atoms in total. The smallest absolute Gasteiger partial charge is 0.0443 e. The summed E-state index contributed by atoms with van der Waals surface area (Å²) >= 11 is 0. The Morgan fingerprint density at radius 2 is 1.48 bits per heavy atom. The van der Waals surface area contributed by atoms with E-state index in [0.29, 0.717) is 18.0 Å². The number of rotatable bonds is 5. The molecule has 1 heterocycles. The number of anilines is 2. The molecule has 9 aliphatic rings. The van der Waals surface area contributed by atoms with Gasteiger partial charge in [0.2, 0.25) is 0 Å². The molecule has 0 radical (unpaired) electrons. The standard InChI is InChI=1S/C54H64N2/c1-53(2)47-19-11-8-16-41(47)43-29-27-39(33-49(43)53)55(40-28-30-44-42-17-9-12-20-48(42)54(3,4)50(44)34-40)38-25-22-35(23-26-38)36-24-31-52-46(32-36)45-18-10-13-21-51(45)56(52)37-14-6-5-7-15-37/h5-6,11,13-14,19,21,27-30,32-35,38,42,46,48,52H,7-10,12,15-18,20,22-26,31H2,1-4H3. The summed E-state index contributed by atoms with van der Waals surface area (Å²) < 4.78 is 0. The van der Waals surface area contributed by atoms with E-state index in [4.69, 9.17) is 0 Å². The summed E-state index contributed by atoms with van der Waals surface area (Å²) in [6.07, 6.45) is 40.1. The maximum absolute atomic E-state index is 2.84. The molecule has 56 heavy (non-hydrogen) atoms. The number of fused-ring (bicyclic) bond motifs is 7. The average Bonchev–Trinajstić information content (AvgIpc) is 3.78. The minimum absolute atomic E-state index is 0.0470. The summed E-state index contributed by atoms with van der Waals surface area (Å²) in [5.41, 5.74) is 19.3. The molecule has 4 unspecified atom stereocenters. The minimum Gasteiger partial charge on any atom is -0.341 e. The molecule has 0 N–H and O–H groups in total. The third-order valence-corrected chi connectivity index (χ3v) is 16.8. The van der Waals surface area contributed by atoms with Crippen LogP contribution in [0.5, 0.6) is 0 Å². The molecule has 1 aliphatic heterocycles. The minimum atomic E-state index is 0.0470. The van der Waals surface area contributed by atoms with Gasteiger partial charge in [-0.3, -0.25) is 0 Å². The normalized spacial score (nSPS) is 32.0. The number of hydrogen-bond donors (Lipinski definition) is 0. The first-order valence-electron chi connectivity index (χ1n) is 23.0. The Bertz CT molecular complexity index is 2170. The van der Waals surface area contributed by atoms with Crippen molar-refractivity contribution >= 4 is 16.9 Å². The fourth-order valence-corrected chi connectivity index (χ4v) is 14.0. The summed E-state index contributed by atoms with van der Waals surface area (Å²) in [5, 5.41) is 0. The van der Waals surface area contributed by atoms with Crippen molar-refractivity contribution < 1.29 is 0 Å². The van der Waals surface area contributed by atoms with Gasteiger partial charge in [0, 0.05) is 46.2 Å². The van der Waals surface area contributed by atoms with Gasteiger partial charge in [-0.1, -0.05) is 94.7 Å². The van der Waals surface area contributed by atoms with Crippen molar-refractivity contribution in [1.82, 2.24) is 4.90 Å². The fourth-order valence-electron chi connectivity index (χ4n) is 14.0. The van der Waals surface area contributed by atoms with Gasteiger partial charge in [0.25, 0.3) is 0 Å². The third-order valence-electron chi connectivity index (χ3n) is 16.8. The highest BCUT2D eigenvalue weighted by Gasteiger charge is 2.48. The van der Waals surface area contributed by atoms with Gasteiger partial charge in [0.15, 0.2) is 0 Å². The molecule has 11 rings (SSSR count). The quantitative estimate of drug-likeness (QED) is 0.282. The Hall–Kier alpha value is -3.78. The van der Waals surface area contributed by atoms with Crippen LogP contribution < -0.4 is 4.90 Å². The predicted molar refractivity (Wildman–Crippen MR) is 235 cm³/mol. The number of hydrogen-bond acceptors (Lipinski definition) is 2. The molecule has 2 heteroatoms. The van der Waals surface area contributed by atoms with Gasteiger partial charge in [-0.05, 0) is 188 Å². The Kier molecular flexibility index (Phi) is 8.46. The lowest BCUT2D eigenvalue weighted by Gasteiger charge is -2.42. The zero-order valence-electron chi connectivity index (χ0n) is 34.8.